The number of ether oxygens (including phenoxy) is 2. The number of carbonyl (C=O) groups excluding carboxylic acids is 1. The van der Waals surface area contributed by atoms with Gasteiger partial charge in [0.15, 0.2) is 0 Å². The van der Waals surface area contributed by atoms with Gasteiger partial charge in [0.25, 0.3) is 0 Å². The van der Waals surface area contributed by atoms with Crippen LogP contribution in [0.15, 0.2) is 40.8 Å². The maximum absolute atomic E-state index is 12.5. The van der Waals surface area contributed by atoms with Crippen molar-refractivity contribution < 1.29 is 18.7 Å². The molecule has 0 aliphatic carbocycles. The maximum atomic E-state index is 12.5. The number of fused-ring (bicyclic) bond motifs is 1. The zero-order chi connectivity index (χ0) is 20.4. The van der Waals surface area contributed by atoms with E-state index in [4.69, 9.17) is 13.9 Å². The highest BCUT2D eigenvalue weighted by atomic mass is 16.5. The number of methoxy groups -OCH3 is 2. The minimum absolute atomic E-state index is 0.206. The molecule has 0 spiro atoms. The molecule has 0 bridgehead atoms. The Labute approximate surface area is 164 Å². The number of nitrogens with one attached hydrogen (secondary N) is 1. The molecule has 146 valence electrons. The van der Waals surface area contributed by atoms with Crippen LogP contribution in [-0.2, 0) is 4.79 Å². The second-order valence-electron chi connectivity index (χ2n) is 6.79. The van der Waals surface area contributed by atoms with Crippen LogP contribution < -0.4 is 14.8 Å². The predicted octanol–water partition coefficient (Wildman–Crippen LogP) is 5.42. The van der Waals surface area contributed by atoms with Crippen molar-refractivity contribution in [2.45, 2.75) is 27.7 Å². The molecule has 0 fully saturated rings. The number of amides is 1. The van der Waals surface area contributed by atoms with Gasteiger partial charge >= 0.3 is 0 Å². The van der Waals surface area contributed by atoms with E-state index in [0.29, 0.717) is 11.4 Å². The highest BCUT2D eigenvalue weighted by Crippen LogP contribution is 2.38. The van der Waals surface area contributed by atoms with Crippen molar-refractivity contribution in [2.24, 2.45) is 0 Å². The normalized spacial score (nSPS) is 11.6. The molecule has 1 aromatic heterocycles. The van der Waals surface area contributed by atoms with Crippen LogP contribution in [-0.4, -0.2) is 20.1 Å². The Hall–Kier alpha value is -3.21. The smallest absolute Gasteiger partial charge is 0.248 e. The van der Waals surface area contributed by atoms with Gasteiger partial charge in [-0.05, 0) is 69.2 Å². The summed E-state index contributed by atoms with van der Waals surface area (Å²) < 4.78 is 16.7. The minimum atomic E-state index is -0.206. The average Bonchev–Trinajstić information content (AvgIpc) is 2.97. The van der Waals surface area contributed by atoms with Crippen molar-refractivity contribution in [3.05, 3.63) is 58.9 Å². The predicted molar refractivity (Wildman–Crippen MR) is 112 cm³/mol. The van der Waals surface area contributed by atoms with E-state index < -0.39 is 0 Å². The number of rotatable bonds is 5. The van der Waals surface area contributed by atoms with Crippen molar-refractivity contribution in [3.63, 3.8) is 0 Å². The maximum Gasteiger partial charge on any atom is 0.248 e. The van der Waals surface area contributed by atoms with Crippen LogP contribution in [0.4, 0.5) is 5.69 Å². The largest absolute Gasteiger partial charge is 0.497 e. The van der Waals surface area contributed by atoms with Gasteiger partial charge in [0.1, 0.15) is 22.8 Å². The topological polar surface area (TPSA) is 60.7 Å². The van der Waals surface area contributed by atoms with Gasteiger partial charge in [-0.2, -0.15) is 0 Å². The Morgan fingerprint density at radius 3 is 2.32 bits per heavy atom. The molecule has 28 heavy (non-hydrogen) atoms. The molecule has 0 saturated carbocycles. The second kappa shape index (κ2) is 7.80. The molecule has 3 aromatic rings. The van der Waals surface area contributed by atoms with Gasteiger partial charge in [0, 0.05) is 28.3 Å². The third-order valence-corrected chi connectivity index (χ3v) is 4.98. The number of anilines is 1. The fourth-order valence-electron chi connectivity index (χ4n) is 3.29. The van der Waals surface area contributed by atoms with E-state index in [2.05, 4.69) is 5.32 Å². The van der Waals surface area contributed by atoms with Gasteiger partial charge in [-0.3, -0.25) is 4.79 Å². The Balaban J connectivity index is 1.95. The quantitative estimate of drug-likeness (QED) is 0.602. The zero-order valence-corrected chi connectivity index (χ0v) is 17.1. The summed E-state index contributed by atoms with van der Waals surface area (Å²) in [6.07, 6.45) is 1.58. The summed E-state index contributed by atoms with van der Waals surface area (Å²) in [6, 6.07) is 9.23. The summed E-state index contributed by atoms with van der Waals surface area (Å²) in [5.74, 6) is 2.13. The van der Waals surface area contributed by atoms with E-state index in [1.165, 1.54) is 0 Å². The number of benzene rings is 2. The highest BCUT2D eigenvalue weighted by molar-refractivity contribution is 6.05. The fourth-order valence-corrected chi connectivity index (χ4v) is 3.29. The van der Waals surface area contributed by atoms with Crippen molar-refractivity contribution >= 4 is 28.1 Å². The molecule has 0 aliphatic rings. The van der Waals surface area contributed by atoms with Gasteiger partial charge in [0.05, 0.1) is 14.2 Å². The van der Waals surface area contributed by atoms with Crippen molar-refractivity contribution in [1.29, 1.82) is 0 Å². The molecule has 0 saturated heterocycles. The van der Waals surface area contributed by atoms with Crippen molar-refractivity contribution in [3.8, 4) is 11.5 Å². The van der Waals surface area contributed by atoms with Gasteiger partial charge in [-0.15, -0.1) is 0 Å². The van der Waals surface area contributed by atoms with Crippen molar-refractivity contribution in [1.82, 2.24) is 0 Å². The van der Waals surface area contributed by atoms with Crippen LogP contribution in [0.1, 0.15) is 29.4 Å². The molecule has 2 aromatic carbocycles. The van der Waals surface area contributed by atoms with E-state index in [9.17, 15) is 4.79 Å². The van der Waals surface area contributed by atoms with Crippen LogP contribution in [0, 0.1) is 20.8 Å². The number of hydrogen-bond donors (Lipinski definition) is 1. The number of furan rings is 1. The van der Waals surface area contributed by atoms with Crippen LogP contribution in [0.5, 0.6) is 11.5 Å². The number of hydrogen-bond acceptors (Lipinski definition) is 4. The Morgan fingerprint density at radius 1 is 1.04 bits per heavy atom. The number of aryl methyl sites for hydroxylation is 3. The lowest BCUT2D eigenvalue weighted by molar-refractivity contribution is -0.111. The van der Waals surface area contributed by atoms with E-state index in [1.807, 2.05) is 33.8 Å². The van der Waals surface area contributed by atoms with E-state index >= 15 is 0 Å². The number of allylic oxidation sites excluding steroid dienone is 1. The summed E-state index contributed by atoms with van der Waals surface area (Å²) in [6.45, 7) is 7.86. The molecule has 0 atom stereocenters. The van der Waals surface area contributed by atoms with E-state index in [-0.39, 0.29) is 5.91 Å². The van der Waals surface area contributed by atoms with Crippen LogP contribution in [0.3, 0.4) is 0 Å². The molecular weight excluding hydrogens is 354 g/mol. The molecule has 0 unspecified atom stereocenters. The lowest BCUT2D eigenvalue weighted by Gasteiger charge is -2.13. The first-order valence-electron chi connectivity index (χ1n) is 9.06. The number of carbonyl (C=O) groups is 1. The van der Waals surface area contributed by atoms with Crippen LogP contribution >= 0.6 is 0 Å². The van der Waals surface area contributed by atoms with Crippen molar-refractivity contribution in [2.75, 3.05) is 19.5 Å². The van der Waals surface area contributed by atoms with Gasteiger partial charge in [-0.25, -0.2) is 0 Å². The fraction of sp³-hybridized carbons (Fsp3) is 0.261. The third kappa shape index (κ3) is 3.60. The summed E-state index contributed by atoms with van der Waals surface area (Å²) in [4.78, 5) is 12.5. The Morgan fingerprint density at radius 2 is 1.71 bits per heavy atom. The molecule has 5 heteroatoms. The first kappa shape index (κ1) is 19.5. The highest BCUT2D eigenvalue weighted by Gasteiger charge is 2.18. The van der Waals surface area contributed by atoms with Gasteiger partial charge in [-0.1, -0.05) is 0 Å². The molecule has 5 nitrogen and oxygen atoms in total. The third-order valence-electron chi connectivity index (χ3n) is 4.98. The summed E-state index contributed by atoms with van der Waals surface area (Å²) in [7, 11) is 3.24. The first-order valence-corrected chi connectivity index (χ1v) is 9.06. The molecule has 0 aliphatic heterocycles. The molecular formula is C23H25NO4. The van der Waals surface area contributed by atoms with E-state index in [0.717, 1.165) is 44.7 Å². The Kier molecular flexibility index (Phi) is 5.45. The lowest BCUT2D eigenvalue weighted by Crippen LogP contribution is -2.08. The second-order valence-corrected chi connectivity index (χ2v) is 6.79. The van der Waals surface area contributed by atoms with E-state index in [1.54, 1.807) is 44.6 Å². The standard InChI is InChI=1S/C23H25NO4/c1-13(11-21(25)24-17-7-9-18(26-5)10-8-17)19-12-20-14(2)16(4)28-23(20)15(3)22(19)27-6/h7-12H,1-6H3,(H,24,25)/b13-11+. The zero-order valence-electron chi connectivity index (χ0n) is 17.1. The summed E-state index contributed by atoms with van der Waals surface area (Å²) in [5.41, 5.74) is 5.24. The monoisotopic (exact) mass is 379 g/mol. The lowest BCUT2D eigenvalue weighted by atomic mass is 9.98. The van der Waals surface area contributed by atoms with Crippen LogP contribution in [0.2, 0.25) is 0 Å². The SMILES string of the molecule is COc1ccc(NC(=O)/C=C(\C)c2cc3c(C)c(C)oc3c(C)c2OC)cc1. The van der Waals surface area contributed by atoms with Gasteiger partial charge < -0.3 is 19.2 Å². The molecule has 3 rings (SSSR count). The summed E-state index contributed by atoms with van der Waals surface area (Å²) in [5, 5.41) is 3.90. The summed E-state index contributed by atoms with van der Waals surface area (Å²) >= 11 is 0. The molecule has 1 amide bonds. The molecule has 1 heterocycles. The van der Waals surface area contributed by atoms with Gasteiger partial charge in [0.2, 0.25) is 5.91 Å². The Bertz CT molecular complexity index is 1060. The minimum Gasteiger partial charge on any atom is -0.497 e. The molecule has 1 N–H and O–H groups in total. The molecule has 0 radical (unpaired) electrons. The average molecular weight is 379 g/mol. The first-order chi connectivity index (χ1) is 13.3. The van der Waals surface area contributed by atoms with Crippen LogP contribution in [0.25, 0.3) is 16.5 Å².